The predicted octanol–water partition coefficient (Wildman–Crippen LogP) is 0.496. The van der Waals surface area contributed by atoms with Crippen LogP contribution in [0.1, 0.15) is 20.3 Å². The first kappa shape index (κ1) is 18.7. The smallest absolute Gasteiger partial charge is 0.333 e. The van der Waals surface area contributed by atoms with Gasteiger partial charge in [0.25, 0.3) is 0 Å². The fourth-order valence-electron chi connectivity index (χ4n) is 0.774. The highest BCUT2D eigenvalue weighted by atomic mass is 16.5. The second-order valence-electron chi connectivity index (χ2n) is 3.28. The van der Waals surface area contributed by atoms with Crippen LogP contribution in [-0.4, -0.2) is 46.6 Å². The van der Waals surface area contributed by atoms with Gasteiger partial charge in [0.15, 0.2) is 0 Å². The minimum atomic E-state index is -0.981. The summed E-state index contributed by atoms with van der Waals surface area (Å²) < 4.78 is 4.74. The van der Waals surface area contributed by atoms with Gasteiger partial charge in [-0.15, -0.1) is 0 Å². The van der Waals surface area contributed by atoms with Gasteiger partial charge < -0.3 is 20.1 Å². The van der Waals surface area contributed by atoms with Crippen LogP contribution in [0.2, 0.25) is 0 Å². The molecule has 1 unspecified atom stereocenters. The summed E-state index contributed by atoms with van der Waals surface area (Å²) in [4.78, 5) is 20.4. The first-order chi connectivity index (χ1) is 8.38. The molecule has 104 valence electrons. The Bertz CT molecular complexity index is 293. The largest absolute Gasteiger partial charge is 0.478 e. The van der Waals surface area contributed by atoms with E-state index in [1.54, 1.807) is 13.0 Å². The molecule has 18 heavy (non-hydrogen) atoms. The summed E-state index contributed by atoms with van der Waals surface area (Å²) in [7, 11) is 0. The monoisotopic (exact) mass is 260 g/mol. The normalized spacial score (nSPS) is 11.9. The number of carbonyl (C=O) groups is 2. The van der Waals surface area contributed by atoms with Gasteiger partial charge in [0.05, 0.1) is 6.10 Å². The first-order valence-electron chi connectivity index (χ1n) is 5.35. The Morgan fingerprint density at radius 3 is 2.22 bits per heavy atom. The number of aliphatic hydroxyl groups is 2. The zero-order chi connectivity index (χ0) is 14.6. The van der Waals surface area contributed by atoms with E-state index >= 15 is 0 Å². The van der Waals surface area contributed by atoms with Crippen LogP contribution < -0.4 is 0 Å². The van der Waals surface area contributed by atoms with Gasteiger partial charge in [0.1, 0.15) is 6.61 Å². The standard InChI is InChI=1S/C9H16O4.C3H4O2/c1-3-8(4-5-10)9(12)13-6-7(2)11;1-2-3(4)5/h3,7,10-11H,4-6H2,1-2H3;2H,1H2,(H,4,5). The van der Waals surface area contributed by atoms with E-state index in [-0.39, 0.29) is 19.6 Å². The lowest BCUT2D eigenvalue weighted by molar-refractivity contribution is -0.142. The van der Waals surface area contributed by atoms with E-state index in [1.807, 2.05) is 0 Å². The van der Waals surface area contributed by atoms with Crippen LogP contribution in [0.4, 0.5) is 0 Å². The maximum atomic E-state index is 11.2. The summed E-state index contributed by atoms with van der Waals surface area (Å²) in [5, 5.41) is 25.0. The van der Waals surface area contributed by atoms with Crippen molar-refractivity contribution in [3.8, 4) is 0 Å². The molecule has 0 aliphatic heterocycles. The molecule has 0 radical (unpaired) electrons. The molecule has 3 N–H and O–H groups in total. The molecule has 0 amide bonds. The lowest BCUT2D eigenvalue weighted by atomic mass is 10.2. The molecular formula is C12H20O6. The zero-order valence-electron chi connectivity index (χ0n) is 10.6. The van der Waals surface area contributed by atoms with Crippen molar-refractivity contribution in [1.29, 1.82) is 0 Å². The maximum absolute atomic E-state index is 11.2. The maximum Gasteiger partial charge on any atom is 0.333 e. The molecule has 0 aliphatic carbocycles. The molecule has 0 saturated carbocycles. The number of aliphatic hydroxyl groups excluding tert-OH is 2. The van der Waals surface area contributed by atoms with Crippen molar-refractivity contribution >= 4 is 11.9 Å². The molecule has 0 aromatic heterocycles. The number of ether oxygens (including phenoxy) is 1. The van der Waals surface area contributed by atoms with Crippen molar-refractivity contribution in [2.45, 2.75) is 26.4 Å². The van der Waals surface area contributed by atoms with Crippen LogP contribution in [0.5, 0.6) is 0 Å². The van der Waals surface area contributed by atoms with E-state index in [4.69, 9.17) is 20.1 Å². The number of carboxylic acid groups (broad SMARTS) is 1. The highest BCUT2D eigenvalue weighted by Gasteiger charge is 2.10. The highest BCUT2D eigenvalue weighted by Crippen LogP contribution is 2.03. The average molecular weight is 260 g/mol. The Kier molecular flexibility index (Phi) is 12.3. The second-order valence-corrected chi connectivity index (χ2v) is 3.28. The van der Waals surface area contributed by atoms with Gasteiger partial charge in [-0.2, -0.15) is 0 Å². The summed E-state index contributed by atoms with van der Waals surface area (Å²) in [5.41, 5.74) is 0.433. The topological polar surface area (TPSA) is 104 Å². The number of carboxylic acids is 1. The first-order valence-corrected chi connectivity index (χ1v) is 5.35. The molecule has 6 heteroatoms. The number of esters is 1. The van der Waals surface area contributed by atoms with Gasteiger partial charge in [-0.25, -0.2) is 9.59 Å². The molecule has 6 nitrogen and oxygen atoms in total. The van der Waals surface area contributed by atoms with Crippen molar-refractivity contribution in [3.63, 3.8) is 0 Å². The molecule has 0 aromatic carbocycles. The lowest BCUT2D eigenvalue weighted by Crippen LogP contribution is -2.17. The molecule has 1 atom stereocenters. The second kappa shape index (κ2) is 11.8. The summed E-state index contributed by atoms with van der Waals surface area (Å²) >= 11 is 0. The highest BCUT2D eigenvalue weighted by molar-refractivity contribution is 5.88. The van der Waals surface area contributed by atoms with Crippen LogP contribution >= 0.6 is 0 Å². The van der Waals surface area contributed by atoms with Crippen molar-refractivity contribution < 1.29 is 29.6 Å². The number of hydrogen-bond acceptors (Lipinski definition) is 5. The van der Waals surface area contributed by atoms with Crippen LogP contribution in [0, 0.1) is 0 Å². The molecule has 0 spiro atoms. The van der Waals surface area contributed by atoms with Crippen LogP contribution in [0.3, 0.4) is 0 Å². The Hall–Kier alpha value is -1.66. The number of rotatable bonds is 6. The molecule has 0 heterocycles. The predicted molar refractivity (Wildman–Crippen MR) is 65.9 cm³/mol. The Balaban J connectivity index is 0. The third kappa shape index (κ3) is 12.4. The zero-order valence-corrected chi connectivity index (χ0v) is 10.6. The Labute approximate surface area is 106 Å². The van der Waals surface area contributed by atoms with Crippen LogP contribution in [0.15, 0.2) is 24.3 Å². The molecular weight excluding hydrogens is 240 g/mol. The van der Waals surface area contributed by atoms with Gasteiger partial charge in [-0.3, -0.25) is 0 Å². The SMILES string of the molecule is C=CC(=O)O.CC=C(CCO)C(=O)OCC(C)O. The van der Waals surface area contributed by atoms with E-state index in [1.165, 1.54) is 6.92 Å². The quantitative estimate of drug-likeness (QED) is 0.474. The van der Waals surface area contributed by atoms with Gasteiger partial charge >= 0.3 is 11.9 Å². The van der Waals surface area contributed by atoms with Gasteiger partial charge in [0, 0.05) is 24.7 Å². The van der Waals surface area contributed by atoms with Gasteiger partial charge in [-0.1, -0.05) is 12.7 Å². The van der Waals surface area contributed by atoms with E-state index in [0.717, 1.165) is 6.08 Å². The van der Waals surface area contributed by atoms with E-state index in [2.05, 4.69) is 6.58 Å². The summed E-state index contributed by atoms with van der Waals surface area (Å²) in [6.45, 7) is 6.11. The fraction of sp³-hybridized carbons (Fsp3) is 0.500. The molecule has 0 saturated heterocycles. The summed E-state index contributed by atoms with van der Waals surface area (Å²) in [6, 6.07) is 0. The van der Waals surface area contributed by atoms with Gasteiger partial charge in [0.2, 0.25) is 0 Å². The summed E-state index contributed by atoms with van der Waals surface area (Å²) in [5.74, 6) is -1.46. The van der Waals surface area contributed by atoms with E-state index in [9.17, 15) is 9.59 Å². The summed E-state index contributed by atoms with van der Waals surface area (Å²) in [6.07, 6.45) is 2.06. The fourth-order valence-corrected chi connectivity index (χ4v) is 0.774. The van der Waals surface area contributed by atoms with Crippen LogP contribution in [0.25, 0.3) is 0 Å². The van der Waals surface area contributed by atoms with Crippen LogP contribution in [-0.2, 0) is 14.3 Å². The number of carbonyl (C=O) groups excluding carboxylic acids is 1. The van der Waals surface area contributed by atoms with E-state index in [0.29, 0.717) is 5.57 Å². The third-order valence-corrected chi connectivity index (χ3v) is 1.62. The molecule has 0 fully saturated rings. The number of hydrogen-bond donors (Lipinski definition) is 3. The van der Waals surface area contributed by atoms with Crippen molar-refractivity contribution in [2.24, 2.45) is 0 Å². The Morgan fingerprint density at radius 2 is 1.94 bits per heavy atom. The van der Waals surface area contributed by atoms with Gasteiger partial charge in [-0.05, 0) is 13.8 Å². The lowest BCUT2D eigenvalue weighted by Gasteiger charge is -2.08. The Morgan fingerprint density at radius 1 is 1.44 bits per heavy atom. The molecule has 0 rings (SSSR count). The molecule has 0 aromatic rings. The van der Waals surface area contributed by atoms with Crippen molar-refractivity contribution in [1.82, 2.24) is 0 Å². The van der Waals surface area contributed by atoms with E-state index < -0.39 is 18.0 Å². The average Bonchev–Trinajstić information content (AvgIpc) is 2.33. The minimum absolute atomic E-state index is 0.0123. The van der Waals surface area contributed by atoms with Crippen molar-refractivity contribution in [3.05, 3.63) is 24.3 Å². The minimum Gasteiger partial charge on any atom is -0.478 e. The third-order valence-electron chi connectivity index (χ3n) is 1.62. The van der Waals surface area contributed by atoms with Crippen molar-refractivity contribution in [2.75, 3.05) is 13.2 Å². The molecule has 0 aliphatic rings. The number of allylic oxidation sites excluding steroid dienone is 1. The number of aliphatic carboxylic acids is 1. The molecule has 0 bridgehead atoms.